The van der Waals surface area contributed by atoms with Crippen LogP contribution in [0.15, 0.2) is 24.4 Å². The zero-order valence-corrected chi connectivity index (χ0v) is 19.6. The molecule has 0 saturated heterocycles. The van der Waals surface area contributed by atoms with Gasteiger partial charge >= 0.3 is 17.9 Å². The van der Waals surface area contributed by atoms with Crippen LogP contribution in [0, 0.1) is 0 Å². The molecule has 33 heavy (non-hydrogen) atoms. The Bertz CT molecular complexity index is 891. The summed E-state index contributed by atoms with van der Waals surface area (Å²) < 4.78 is 0. The molecule has 1 aromatic heterocycles. The van der Waals surface area contributed by atoms with E-state index in [1.54, 1.807) is 0 Å². The fourth-order valence-electron chi connectivity index (χ4n) is 3.36. The first-order chi connectivity index (χ1) is 15.8. The molecule has 0 bridgehead atoms. The number of aromatic nitrogens is 2. The van der Waals surface area contributed by atoms with Gasteiger partial charge in [-0.05, 0) is 31.0 Å². The molecular formula is C25H36N2O6. The molecule has 0 fully saturated rings. The van der Waals surface area contributed by atoms with Crippen LogP contribution in [0.2, 0.25) is 0 Å². The predicted octanol–water partition coefficient (Wildman–Crippen LogP) is 5.83. The van der Waals surface area contributed by atoms with Crippen LogP contribution in [0.5, 0.6) is 0 Å². The maximum Gasteiger partial charge on any atom is 0.336 e. The van der Waals surface area contributed by atoms with Gasteiger partial charge in [0.2, 0.25) is 0 Å². The van der Waals surface area contributed by atoms with E-state index in [2.05, 4.69) is 23.8 Å². The van der Waals surface area contributed by atoms with Gasteiger partial charge in [0, 0.05) is 18.3 Å². The van der Waals surface area contributed by atoms with Crippen molar-refractivity contribution in [2.24, 2.45) is 0 Å². The van der Waals surface area contributed by atoms with Gasteiger partial charge in [0.1, 0.15) is 5.82 Å². The van der Waals surface area contributed by atoms with E-state index < -0.39 is 29.0 Å². The molecule has 0 saturated carbocycles. The normalized spacial score (nSPS) is 10.4. The van der Waals surface area contributed by atoms with Crippen LogP contribution in [0.1, 0.15) is 114 Å². The summed E-state index contributed by atoms with van der Waals surface area (Å²) in [6.07, 6.45) is 16.7. The molecule has 2 rings (SSSR count). The Morgan fingerprint density at radius 3 is 1.85 bits per heavy atom. The standard InChI is InChI=1S/C16H30N2.C9H6O6/c1-3-5-6-7-8-9-10-11-12-13-16-17-14-15(4-2)18-16;10-7(11)4-1-2-5(8(12)13)6(3-4)9(14)15/h14H,3-13H2,1-2H3,(H,17,18);1-3H,(H,10,11)(H,12,13)(H,14,15). The number of carboxylic acid groups (broad SMARTS) is 3. The van der Waals surface area contributed by atoms with E-state index in [-0.39, 0.29) is 5.56 Å². The van der Waals surface area contributed by atoms with Crippen LogP contribution >= 0.6 is 0 Å². The number of aryl methyl sites for hydroxylation is 2. The van der Waals surface area contributed by atoms with Crippen molar-refractivity contribution in [3.05, 3.63) is 52.6 Å². The second-order valence-electron chi connectivity index (χ2n) is 7.96. The first kappa shape index (κ1) is 27.9. The van der Waals surface area contributed by atoms with E-state index in [9.17, 15) is 14.4 Å². The Morgan fingerprint density at radius 1 is 0.788 bits per heavy atom. The van der Waals surface area contributed by atoms with Crippen LogP contribution in [0.25, 0.3) is 0 Å². The highest BCUT2D eigenvalue weighted by atomic mass is 16.4. The number of carbonyl (C=O) groups is 3. The third kappa shape index (κ3) is 10.8. The topological polar surface area (TPSA) is 141 Å². The molecule has 0 spiro atoms. The van der Waals surface area contributed by atoms with Crippen molar-refractivity contribution in [2.75, 3.05) is 0 Å². The molecule has 0 aliphatic rings. The molecule has 0 atom stereocenters. The van der Waals surface area contributed by atoms with E-state index in [4.69, 9.17) is 15.3 Å². The van der Waals surface area contributed by atoms with E-state index in [1.807, 2.05) is 6.20 Å². The van der Waals surface area contributed by atoms with E-state index in [0.29, 0.717) is 0 Å². The van der Waals surface area contributed by atoms with E-state index in [1.165, 1.54) is 69.3 Å². The SMILES string of the molecule is CCCCCCCCCCCc1ncc(CC)[nH]1.O=C(O)c1ccc(C(=O)O)c(C(=O)O)c1. The molecule has 1 aromatic carbocycles. The van der Waals surface area contributed by atoms with Crippen molar-refractivity contribution in [1.29, 1.82) is 0 Å². The van der Waals surface area contributed by atoms with Crippen LogP contribution < -0.4 is 0 Å². The summed E-state index contributed by atoms with van der Waals surface area (Å²) in [7, 11) is 0. The number of hydrogen-bond donors (Lipinski definition) is 4. The number of carboxylic acids is 3. The maximum atomic E-state index is 10.6. The van der Waals surface area contributed by atoms with Gasteiger partial charge in [-0.25, -0.2) is 19.4 Å². The largest absolute Gasteiger partial charge is 0.478 e. The van der Waals surface area contributed by atoms with Gasteiger partial charge in [-0.15, -0.1) is 0 Å². The summed E-state index contributed by atoms with van der Waals surface area (Å²) in [4.78, 5) is 39.5. The number of H-pyrrole nitrogens is 1. The Hall–Kier alpha value is -3.16. The number of aromatic carboxylic acids is 3. The zero-order valence-electron chi connectivity index (χ0n) is 19.6. The molecule has 1 heterocycles. The molecule has 0 unspecified atom stereocenters. The predicted molar refractivity (Wildman–Crippen MR) is 126 cm³/mol. The van der Waals surface area contributed by atoms with Crippen LogP contribution in [-0.2, 0) is 12.8 Å². The lowest BCUT2D eigenvalue weighted by Crippen LogP contribution is -2.10. The number of imidazole rings is 1. The molecule has 0 amide bonds. The zero-order chi connectivity index (χ0) is 24.6. The van der Waals surface area contributed by atoms with E-state index in [0.717, 1.165) is 31.0 Å². The van der Waals surface area contributed by atoms with Crippen LogP contribution in [-0.4, -0.2) is 43.2 Å². The summed E-state index contributed by atoms with van der Waals surface area (Å²) in [6.45, 7) is 4.44. The second kappa shape index (κ2) is 15.6. The average molecular weight is 461 g/mol. The van der Waals surface area contributed by atoms with Gasteiger partial charge in [-0.3, -0.25) is 0 Å². The van der Waals surface area contributed by atoms with Gasteiger partial charge in [0.25, 0.3) is 0 Å². The molecule has 0 aliphatic carbocycles. The van der Waals surface area contributed by atoms with Crippen molar-refractivity contribution in [1.82, 2.24) is 9.97 Å². The van der Waals surface area contributed by atoms with Gasteiger partial charge < -0.3 is 20.3 Å². The van der Waals surface area contributed by atoms with Crippen molar-refractivity contribution in [2.45, 2.75) is 84.5 Å². The summed E-state index contributed by atoms with van der Waals surface area (Å²) in [6, 6.07) is 2.81. The minimum absolute atomic E-state index is 0.266. The number of nitrogens with one attached hydrogen (secondary N) is 1. The van der Waals surface area contributed by atoms with Crippen molar-refractivity contribution in [3.8, 4) is 0 Å². The number of hydrogen-bond acceptors (Lipinski definition) is 4. The number of rotatable bonds is 14. The summed E-state index contributed by atoms with van der Waals surface area (Å²) in [5.41, 5.74) is 0.0215. The molecule has 0 radical (unpaired) electrons. The lowest BCUT2D eigenvalue weighted by Gasteiger charge is -2.02. The number of unbranched alkanes of at least 4 members (excludes halogenated alkanes) is 8. The average Bonchev–Trinajstić information content (AvgIpc) is 3.26. The fourth-order valence-corrected chi connectivity index (χ4v) is 3.36. The highest BCUT2D eigenvalue weighted by Gasteiger charge is 2.17. The number of aromatic amines is 1. The molecule has 182 valence electrons. The van der Waals surface area contributed by atoms with Gasteiger partial charge in [0.15, 0.2) is 0 Å². The molecule has 4 N–H and O–H groups in total. The first-order valence-corrected chi connectivity index (χ1v) is 11.7. The Kier molecular flexibility index (Phi) is 13.2. The van der Waals surface area contributed by atoms with Gasteiger partial charge in [0.05, 0.1) is 16.7 Å². The summed E-state index contributed by atoms with van der Waals surface area (Å²) >= 11 is 0. The third-order valence-corrected chi connectivity index (χ3v) is 5.31. The second-order valence-corrected chi connectivity index (χ2v) is 7.96. The Morgan fingerprint density at radius 2 is 1.36 bits per heavy atom. The fraction of sp³-hybridized carbons (Fsp3) is 0.520. The molecule has 8 nitrogen and oxygen atoms in total. The lowest BCUT2D eigenvalue weighted by atomic mass is 10.0. The van der Waals surface area contributed by atoms with Crippen molar-refractivity contribution in [3.63, 3.8) is 0 Å². The lowest BCUT2D eigenvalue weighted by molar-refractivity contribution is 0.0649. The monoisotopic (exact) mass is 460 g/mol. The summed E-state index contributed by atoms with van der Waals surface area (Å²) in [5.74, 6) is -3.02. The molecule has 2 aromatic rings. The number of benzene rings is 1. The van der Waals surface area contributed by atoms with Crippen molar-refractivity contribution >= 4 is 17.9 Å². The quantitative estimate of drug-likeness (QED) is 0.260. The van der Waals surface area contributed by atoms with Gasteiger partial charge in [-0.2, -0.15) is 0 Å². The first-order valence-electron chi connectivity index (χ1n) is 11.7. The summed E-state index contributed by atoms with van der Waals surface area (Å²) in [5, 5.41) is 25.9. The number of nitrogens with zero attached hydrogens (tertiary/aromatic N) is 1. The Labute approximate surface area is 195 Å². The smallest absolute Gasteiger partial charge is 0.336 e. The Balaban J connectivity index is 0.000000335. The highest BCUT2D eigenvalue weighted by Crippen LogP contribution is 2.13. The maximum absolute atomic E-state index is 10.6. The minimum Gasteiger partial charge on any atom is -0.478 e. The molecule has 8 heteroatoms. The minimum atomic E-state index is -1.48. The molecule has 0 aliphatic heterocycles. The van der Waals surface area contributed by atoms with Gasteiger partial charge in [-0.1, -0.05) is 65.2 Å². The van der Waals surface area contributed by atoms with Crippen LogP contribution in [0.4, 0.5) is 0 Å². The highest BCUT2D eigenvalue weighted by molar-refractivity contribution is 6.03. The van der Waals surface area contributed by atoms with Crippen LogP contribution in [0.3, 0.4) is 0 Å². The van der Waals surface area contributed by atoms with Crippen molar-refractivity contribution < 1.29 is 29.7 Å². The third-order valence-electron chi connectivity index (χ3n) is 5.31. The molecular weight excluding hydrogens is 424 g/mol. The van der Waals surface area contributed by atoms with E-state index >= 15 is 0 Å².